The van der Waals surface area contributed by atoms with Gasteiger partial charge in [-0.2, -0.15) is 0 Å². The van der Waals surface area contributed by atoms with Crippen LogP contribution in [0.3, 0.4) is 0 Å². The first-order valence-corrected chi connectivity index (χ1v) is 9.32. The molecule has 4 heteroatoms. The van der Waals surface area contributed by atoms with Gasteiger partial charge in [0.1, 0.15) is 0 Å². The normalized spacial score (nSPS) is 22.4. The standard InChI is InChI=1S/C20H29ClN2O/c1-4-20(24)23(18-10-6-5-7-11-18)19-12-14-22(15-16(19)2)13-8-9-17(3)21/h5-7,9-11,16,19H,4,8,12-15H2,1-3H3. The fraction of sp³-hybridized carbons (Fsp3) is 0.550. The average molecular weight is 349 g/mol. The lowest BCUT2D eigenvalue weighted by Crippen LogP contribution is -2.52. The van der Waals surface area contributed by atoms with Crippen molar-refractivity contribution in [1.29, 1.82) is 0 Å². The molecule has 3 nitrogen and oxygen atoms in total. The van der Waals surface area contributed by atoms with Crippen molar-refractivity contribution in [2.75, 3.05) is 24.5 Å². The van der Waals surface area contributed by atoms with Crippen LogP contribution in [0.25, 0.3) is 0 Å². The number of anilines is 1. The third-order valence-corrected chi connectivity index (χ3v) is 4.91. The van der Waals surface area contributed by atoms with Gasteiger partial charge in [-0.05, 0) is 37.8 Å². The van der Waals surface area contributed by atoms with Crippen LogP contribution in [-0.4, -0.2) is 36.5 Å². The second kappa shape index (κ2) is 9.24. The predicted molar refractivity (Wildman–Crippen MR) is 102 cm³/mol. The van der Waals surface area contributed by atoms with E-state index in [-0.39, 0.29) is 11.9 Å². The molecule has 132 valence electrons. The number of allylic oxidation sites excluding steroid dienone is 1. The van der Waals surface area contributed by atoms with Gasteiger partial charge in [0.2, 0.25) is 5.91 Å². The molecule has 1 saturated heterocycles. The van der Waals surface area contributed by atoms with Crippen molar-refractivity contribution < 1.29 is 4.79 Å². The predicted octanol–water partition coefficient (Wildman–Crippen LogP) is 4.67. The lowest BCUT2D eigenvalue weighted by Gasteiger charge is -2.42. The number of carbonyl (C=O) groups excluding carboxylic acids is 1. The minimum absolute atomic E-state index is 0.215. The molecule has 1 aromatic carbocycles. The topological polar surface area (TPSA) is 23.6 Å². The van der Waals surface area contributed by atoms with Crippen molar-refractivity contribution in [2.24, 2.45) is 5.92 Å². The molecule has 0 radical (unpaired) electrons. The van der Waals surface area contributed by atoms with Gasteiger partial charge in [0.25, 0.3) is 0 Å². The van der Waals surface area contributed by atoms with Gasteiger partial charge in [-0.15, -0.1) is 0 Å². The maximum atomic E-state index is 12.6. The lowest BCUT2D eigenvalue weighted by molar-refractivity contribution is -0.119. The first-order chi connectivity index (χ1) is 11.5. The molecule has 2 unspecified atom stereocenters. The Morgan fingerprint density at radius 3 is 2.67 bits per heavy atom. The third-order valence-electron chi connectivity index (χ3n) is 4.75. The first-order valence-electron chi connectivity index (χ1n) is 8.94. The Balaban J connectivity index is 2.05. The number of hydrogen-bond acceptors (Lipinski definition) is 2. The van der Waals surface area contributed by atoms with Gasteiger partial charge in [-0.25, -0.2) is 0 Å². The summed E-state index contributed by atoms with van der Waals surface area (Å²) in [5.41, 5.74) is 1.02. The molecular weight excluding hydrogens is 320 g/mol. The summed E-state index contributed by atoms with van der Waals surface area (Å²) in [5, 5.41) is 0.863. The molecule has 24 heavy (non-hydrogen) atoms. The van der Waals surface area contributed by atoms with Crippen molar-refractivity contribution in [3.05, 3.63) is 41.4 Å². The Morgan fingerprint density at radius 1 is 1.38 bits per heavy atom. The number of para-hydroxylation sites is 1. The van der Waals surface area contributed by atoms with Crippen LogP contribution in [0.15, 0.2) is 41.4 Å². The number of hydrogen-bond donors (Lipinski definition) is 0. The number of nitrogens with zero attached hydrogens (tertiary/aromatic N) is 2. The van der Waals surface area contributed by atoms with Crippen LogP contribution in [0.1, 0.15) is 40.0 Å². The van der Waals surface area contributed by atoms with Crippen LogP contribution in [0, 0.1) is 5.92 Å². The summed E-state index contributed by atoms with van der Waals surface area (Å²) >= 11 is 5.91. The van der Waals surface area contributed by atoms with Crippen LogP contribution in [0.5, 0.6) is 0 Å². The number of benzene rings is 1. The molecule has 1 aliphatic rings. The minimum atomic E-state index is 0.215. The summed E-state index contributed by atoms with van der Waals surface area (Å²) in [6.45, 7) is 9.22. The molecule has 1 aliphatic heterocycles. The van der Waals surface area contributed by atoms with Crippen molar-refractivity contribution in [1.82, 2.24) is 4.90 Å². The summed E-state index contributed by atoms with van der Waals surface area (Å²) in [7, 11) is 0. The zero-order valence-corrected chi connectivity index (χ0v) is 15.8. The van der Waals surface area contributed by atoms with Gasteiger partial charge in [0.05, 0.1) is 0 Å². The van der Waals surface area contributed by atoms with E-state index in [1.807, 2.05) is 49.1 Å². The Kier molecular flexibility index (Phi) is 7.32. The van der Waals surface area contributed by atoms with Gasteiger partial charge in [0.15, 0.2) is 0 Å². The molecule has 2 rings (SSSR count). The summed E-state index contributed by atoms with van der Waals surface area (Å²) in [4.78, 5) is 17.1. The maximum absolute atomic E-state index is 12.6. The highest BCUT2D eigenvalue weighted by Gasteiger charge is 2.33. The molecular formula is C20H29ClN2O. The molecule has 1 aromatic rings. The number of halogens is 1. The minimum Gasteiger partial charge on any atom is -0.309 e. The fourth-order valence-electron chi connectivity index (χ4n) is 3.53. The maximum Gasteiger partial charge on any atom is 0.226 e. The van der Waals surface area contributed by atoms with Crippen molar-refractivity contribution in [3.63, 3.8) is 0 Å². The summed E-state index contributed by atoms with van der Waals surface area (Å²) < 4.78 is 0. The SMILES string of the molecule is CCC(=O)N(c1ccccc1)C1CCN(CCC=C(C)Cl)CC1C. The van der Waals surface area contributed by atoms with Gasteiger partial charge in [0, 0.05) is 42.8 Å². The van der Waals surface area contributed by atoms with Gasteiger partial charge >= 0.3 is 0 Å². The summed E-state index contributed by atoms with van der Waals surface area (Å²) in [6.07, 6.45) is 4.63. The zero-order valence-electron chi connectivity index (χ0n) is 15.0. The highest BCUT2D eigenvalue weighted by molar-refractivity contribution is 6.29. The Labute approximate surface area is 151 Å². The summed E-state index contributed by atoms with van der Waals surface area (Å²) in [5.74, 6) is 0.669. The van der Waals surface area contributed by atoms with Crippen LogP contribution < -0.4 is 4.90 Å². The van der Waals surface area contributed by atoms with Crippen molar-refractivity contribution in [2.45, 2.75) is 46.1 Å². The van der Waals surface area contributed by atoms with Crippen LogP contribution >= 0.6 is 11.6 Å². The van der Waals surface area contributed by atoms with E-state index in [4.69, 9.17) is 11.6 Å². The average Bonchev–Trinajstić information content (AvgIpc) is 2.57. The van der Waals surface area contributed by atoms with E-state index in [0.717, 1.165) is 43.2 Å². The van der Waals surface area contributed by atoms with E-state index in [0.29, 0.717) is 12.3 Å². The van der Waals surface area contributed by atoms with Crippen LogP contribution in [0.2, 0.25) is 0 Å². The van der Waals surface area contributed by atoms with E-state index in [1.165, 1.54) is 0 Å². The molecule has 0 bridgehead atoms. The molecule has 1 heterocycles. The van der Waals surface area contributed by atoms with Crippen LogP contribution in [0.4, 0.5) is 5.69 Å². The third kappa shape index (κ3) is 5.09. The van der Waals surface area contributed by atoms with E-state index < -0.39 is 0 Å². The number of amides is 1. The quantitative estimate of drug-likeness (QED) is 0.745. The first kappa shape index (κ1) is 19.0. The van der Waals surface area contributed by atoms with Crippen molar-refractivity contribution >= 4 is 23.2 Å². The molecule has 1 amide bonds. The van der Waals surface area contributed by atoms with E-state index in [2.05, 4.69) is 17.9 Å². The summed E-state index contributed by atoms with van der Waals surface area (Å²) in [6, 6.07) is 10.4. The smallest absolute Gasteiger partial charge is 0.226 e. The van der Waals surface area contributed by atoms with Gasteiger partial charge in [-0.1, -0.05) is 49.7 Å². The number of carbonyl (C=O) groups is 1. The number of likely N-dealkylation sites (tertiary alicyclic amines) is 1. The Morgan fingerprint density at radius 2 is 2.08 bits per heavy atom. The number of piperidine rings is 1. The molecule has 0 aliphatic carbocycles. The molecule has 0 saturated carbocycles. The van der Waals surface area contributed by atoms with E-state index in [1.54, 1.807) is 0 Å². The molecule has 1 fully saturated rings. The lowest BCUT2D eigenvalue weighted by atomic mass is 9.91. The number of rotatable bonds is 6. The molecule has 0 spiro atoms. The highest BCUT2D eigenvalue weighted by atomic mass is 35.5. The highest BCUT2D eigenvalue weighted by Crippen LogP contribution is 2.28. The van der Waals surface area contributed by atoms with E-state index >= 15 is 0 Å². The largest absolute Gasteiger partial charge is 0.309 e. The van der Waals surface area contributed by atoms with Gasteiger partial charge in [-0.3, -0.25) is 4.79 Å². The van der Waals surface area contributed by atoms with Crippen molar-refractivity contribution in [3.8, 4) is 0 Å². The van der Waals surface area contributed by atoms with E-state index in [9.17, 15) is 4.79 Å². The Bertz CT molecular complexity index is 554. The monoisotopic (exact) mass is 348 g/mol. The second-order valence-electron chi connectivity index (χ2n) is 6.67. The molecule has 0 aromatic heterocycles. The second-order valence-corrected chi connectivity index (χ2v) is 7.26. The zero-order chi connectivity index (χ0) is 17.5. The molecule has 2 atom stereocenters. The van der Waals surface area contributed by atoms with Gasteiger partial charge < -0.3 is 9.80 Å². The Hall–Kier alpha value is -1.32. The fourth-order valence-corrected chi connectivity index (χ4v) is 3.64. The molecule has 0 N–H and O–H groups in total. The van der Waals surface area contributed by atoms with Crippen LogP contribution in [-0.2, 0) is 4.79 Å².